The summed E-state index contributed by atoms with van der Waals surface area (Å²) in [6.45, 7) is 2.00. The first-order valence-corrected chi connectivity index (χ1v) is 4.40. The fourth-order valence-corrected chi connectivity index (χ4v) is 0.939. The first-order valence-electron chi connectivity index (χ1n) is 4.40. The summed E-state index contributed by atoms with van der Waals surface area (Å²) in [4.78, 5) is 11.3. The minimum Gasteiger partial charge on any atom is -0.330 e. The molecule has 1 aromatic carbocycles. The molecule has 4 heteroatoms. The van der Waals surface area contributed by atoms with Crippen LogP contribution in [0.15, 0.2) is 24.3 Å². The molecule has 0 saturated heterocycles. The lowest BCUT2D eigenvalue weighted by Gasteiger charge is -2.09. The fourth-order valence-electron chi connectivity index (χ4n) is 0.939. The van der Waals surface area contributed by atoms with Gasteiger partial charge in [0.25, 0.3) is 0 Å². The average Bonchev–Trinajstić information content (AvgIpc) is 2.16. The lowest BCUT2D eigenvalue weighted by atomic mass is 10.1. The Balaban J connectivity index is 2.65. The van der Waals surface area contributed by atoms with Crippen LogP contribution < -0.4 is 11.1 Å². The van der Waals surface area contributed by atoms with Gasteiger partial charge in [0, 0.05) is 18.2 Å². The Bertz CT molecular complexity index is 328. The summed E-state index contributed by atoms with van der Waals surface area (Å²) in [6, 6.07) is 5.76. The minimum absolute atomic E-state index is 0.196. The molecule has 0 fully saturated rings. The normalized spacial score (nSPS) is 12.2. The Labute approximate surface area is 82.1 Å². The first-order chi connectivity index (χ1) is 6.63. The van der Waals surface area contributed by atoms with E-state index >= 15 is 0 Å². The maximum atomic E-state index is 12.7. The van der Waals surface area contributed by atoms with Crippen molar-refractivity contribution < 1.29 is 9.18 Å². The highest BCUT2D eigenvalue weighted by Crippen LogP contribution is 2.10. The number of hydrogen-bond donors (Lipinski definition) is 2. The third-order valence-corrected chi connectivity index (χ3v) is 1.89. The second-order valence-corrected chi connectivity index (χ2v) is 3.14. The molecule has 3 nitrogen and oxygen atoms in total. The van der Waals surface area contributed by atoms with Crippen LogP contribution in [0.5, 0.6) is 0 Å². The zero-order chi connectivity index (χ0) is 10.6. The Morgan fingerprint density at radius 2 is 2.36 bits per heavy atom. The number of rotatable bonds is 3. The second-order valence-electron chi connectivity index (χ2n) is 3.14. The molecule has 0 aliphatic rings. The molecule has 0 heterocycles. The van der Waals surface area contributed by atoms with Gasteiger partial charge in [-0.2, -0.15) is 0 Å². The molecule has 0 aliphatic heterocycles. The van der Waals surface area contributed by atoms with Crippen LogP contribution in [-0.4, -0.2) is 12.5 Å². The molecule has 0 radical (unpaired) electrons. The molecule has 1 rings (SSSR count). The van der Waals surface area contributed by atoms with E-state index in [9.17, 15) is 9.18 Å². The van der Waals surface area contributed by atoms with Gasteiger partial charge in [0.05, 0.1) is 0 Å². The first kappa shape index (κ1) is 10.7. The Kier molecular flexibility index (Phi) is 3.59. The van der Waals surface area contributed by atoms with Crippen molar-refractivity contribution in [1.29, 1.82) is 0 Å². The number of halogens is 1. The summed E-state index contributed by atoms with van der Waals surface area (Å²) < 4.78 is 12.7. The molecule has 0 bridgehead atoms. The Morgan fingerprint density at radius 1 is 1.64 bits per heavy atom. The maximum Gasteiger partial charge on any atom is 0.228 e. The predicted octanol–water partition coefficient (Wildman–Crippen LogP) is 1.36. The average molecular weight is 196 g/mol. The lowest BCUT2D eigenvalue weighted by molar-refractivity contribution is -0.119. The fraction of sp³-hybridized carbons (Fsp3) is 0.300. The molecule has 14 heavy (non-hydrogen) atoms. The smallest absolute Gasteiger partial charge is 0.228 e. The number of nitrogens with two attached hydrogens (primary N) is 1. The van der Waals surface area contributed by atoms with Crippen LogP contribution in [0.25, 0.3) is 0 Å². The highest BCUT2D eigenvalue weighted by Gasteiger charge is 2.10. The van der Waals surface area contributed by atoms with Crippen LogP contribution in [-0.2, 0) is 4.79 Å². The quantitative estimate of drug-likeness (QED) is 0.766. The van der Waals surface area contributed by atoms with Gasteiger partial charge in [0.1, 0.15) is 5.82 Å². The van der Waals surface area contributed by atoms with E-state index in [0.29, 0.717) is 5.69 Å². The molecule has 3 N–H and O–H groups in total. The summed E-state index contributed by atoms with van der Waals surface area (Å²) in [7, 11) is 0. The van der Waals surface area contributed by atoms with Crippen molar-refractivity contribution in [3.05, 3.63) is 30.1 Å². The third kappa shape index (κ3) is 2.81. The van der Waals surface area contributed by atoms with Crippen LogP contribution in [0.3, 0.4) is 0 Å². The molecule has 0 saturated carbocycles. The number of nitrogens with one attached hydrogen (secondary N) is 1. The maximum absolute atomic E-state index is 12.7. The molecule has 1 amide bonds. The van der Waals surface area contributed by atoms with Crippen molar-refractivity contribution in [3.63, 3.8) is 0 Å². The largest absolute Gasteiger partial charge is 0.330 e. The summed E-state index contributed by atoms with van der Waals surface area (Å²) >= 11 is 0. The highest BCUT2D eigenvalue weighted by atomic mass is 19.1. The van der Waals surface area contributed by atoms with Crippen molar-refractivity contribution in [1.82, 2.24) is 0 Å². The van der Waals surface area contributed by atoms with E-state index in [-0.39, 0.29) is 24.2 Å². The lowest BCUT2D eigenvalue weighted by Crippen LogP contribution is -2.26. The van der Waals surface area contributed by atoms with Gasteiger partial charge in [-0.1, -0.05) is 13.0 Å². The van der Waals surface area contributed by atoms with Crippen molar-refractivity contribution in [2.45, 2.75) is 6.92 Å². The van der Waals surface area contributed by atoms with Gasteiger partial charge >= 0.3 is 0 Å². The number of carbonyl (C=O) groups excluding carboxylic acids is 1. The number of anilines is 1. The van der Waals surface area contributed by atoms with E-state index in [1.165, 1.54) is 18.2 Å². The molecular formula is C10H13FN2O. The van der Waals surface area contributed by atoms with Gasteiger partial charge in [0.2, 0.25) is 5.91 Å². The molecule has 1 atom stereocenters. The summed E-state index contributed by atoms with van der Waals surface area (Å²) in [5.41, 5.74) is 5.78. The number of amides is 1. The molecule has 1 aromatic rings. The summed E-state index contributed by atoms with van der Waals surface area (Å²) in [6.07, 6.45) is 0. The van der Waals surface area contributed by atoms with E-state index in [4.69, 9.17) is 5.73 Å². The van der Waals surface area contributed by atoms with E-state index in [1.54, 1.807) is 13.0 Å². The molecule has 1 unspecified atom stereocenters. The summed E-state index contributed by atoms with van der Waals surface area (Å²) in [5, 5.41) is 2.57. The number of benzene rings is 1. The van der Waals surface area contributed by atoms with Gasteiger partial charge in [-0.05, 0) is 18.2 Å². The minimum atomic E-state index is -0.372. The molecular weight excluding hydrogens is 183 g/mol. The molecule has 76 valence electrons. The van der Waals surface area contributed by atoms with E-state index in [0.717, 1.165) is 0 Å². The molecule has 0 aliphatic carbocycles. The standard InChI is InChI=1S/C10H13FN2O/c1-7(6-12)10(14)13-9-4-2-3-8(11)5-9/h2-5,7H,6,12H2,1H3,(H,13,14). The van der Waals surface area contributed by atoms with E-state index in [1.807, 2.05) is 0 Å². The van der Waals surface area contributed by atoms with Crippen LogP contribution >= 0.6 is 0 Å². The van der Waals surface area contributed by atoms with Crippen molar-refractivity contribution in [2.75, 3.05) is 11.9 Å². The molecule has 0 spiro atoms. The SMILES string of the molecule is CC(CN)C(=O)Nc1cccc(F)c1. The van der Waals surface area contributed by atoms with Crippen molar-refractivity contribution >= 4 is 11.6 Å². The van der Waals surface area contributed by atoms with Gasteiger partial charge in [-0.25, -0.2) is 4.39 Å². The van der Waals surface area contributed by atoms with E-state index < -0.39 is 0 Å². The second kappa shape index (κ2) is 4.72. The van der Waals surface area contributed by atoms with Gasteiger partial charge in [0.15, 0.2) is 0 Å². The zero-order valence-corrected chi connectivity index (χ0v) is 7.96. The topological polar surface area (TPSA) is 55.1 Å². The van der Waals surface area contributed by atoms with Crippen LogP contribution in [0.1, 0.15) is 6.92 Å². The van der Waals surface area contributed by atoms with Crippen LogP contribution in [0.4, 0.5) is 10.1 Å². The van der Waals surface area contributed by atoms with Gasteiger partial charge in [-0.3, -0.25) is 4.79 Å². The Hall–Kier alpha value is -1.42. The monoisotopic (exact) mass is 196 g/mol. The summed E-state index contributed by atoms with van der Waals surface area (Å²) in [5.74, 6) is -0.834. The Morgan fingerprint density at radius 3 is 2.93 bits per heavy atom. The molecule has 0 aromatic heterocycles. The zero-order valence-electron chi connectivity index (χ0n) is 7.96. The highest BCUT2D eigenvalue weighted by molar-refractivity contribution is 5.92. The third-order valence-electron chi connectivity index (χ3n) is 1.89. The van der Waals surface area contributed by atoms with Gasteiger partial charge < -0.3 is 11.1 Å². The number of carbonyl (C=O) groups is 1. The number of hydrogen-bond acceptors (Lipinski definition) is 2. The van der Waals surface area contributed by atoms with Crippen LogP contribution in [0, 0.1) is 11.7 Å². The van der Waals surface area contributed by atoms with Crippen molar-refractivity contribution in [3.8, 4) is 0 Å². The van der Waals surface area contributed by atoms with Crippen LogP contribution in [0.2, 0.25) is 0 Å². The van der Waals surface area contributed by atoms with Crippen molar-refractivity contribution in [2.24, 2.45) is 11.7 Å². The van der Waals surface area contributed by atoms with Gasteiger partial charge in [-0.15, -0.1) is 0 Å². The van der Waals surface area contributed by atoms with E-state index in [2.05, 4.69) is 5.32 Å². The predicted molar refractivity (Wildman–Crippen MR) is 53.2 cm³/mol.